The summed E-state index contributed by atoms with van der Waals surface area (Å²) in [6.07, 6.45) is -0.674. The zero-order valence-corrected chi connectivity index (χ0v) is 17.2. The van der Waals surface area contributed by atoms with Crippen LogP contribution in [0.2, 0.25) is 0 Å². The van der Waals surface area contributed by atoms with Gasteiger partial charge in [-0.3, -0.25) is 9.59 Å². The van der Waals surface area contributed by atoms with Crippen molar-refractivity contribution in [1.29, 1.82) is 0 Å². The Morgan fingerprint density at radius 3 is 2.55 bits per heavy atom. The number of rotatable bonds is 1. The van der Waals surface area contributed by atoms with Gasteiger partial charge in [0, 0.05) is 24.2 Å². The number of aliphatic hydroxyl groups is 3. The molecule has 0 radical (unpaired) electrons. The largest absolute Gasteiger partial charge is 0.462 e. The molecule has 29 heavy (non-hydrogen) atoms. The Kier molecular flexibility index (Phi) is 3.73. The molecule has 6 rings (SSSR count). The number of Topliss-reactive ketones (excluding diaryl/α,β-unsaturated/α-hetero) is 1. The molecule has 3 N–H and O–H groups in total. The minimum Gasteiger partial charge on any atom is -0.462 e. The van der Waals surface area contributed by atoms with Gasteiger partial charge < -0.3 is 24.8 Å². The van der Waals surface area contributed by atoms with Gasteiger partial charge in [0.25, 0.3) is 0 Å². The Morgan fingerprint density at radius 2 is 1.90 bits per heavy atom. The van der Waals surface area contributed by atoms with Gasteiger partial charge >= 0.3 is 5.97 Å². The van der Waals surface area contributed by atoms with Gasteiger partial charge in [-0.25, -0.2) is 0 Å². The second-order valence-corrected chi connectivity index (χ2v) is 10.5. The molecule has 9 atom stereocenters. The van der Waals surface area contributed by atoms with Crippen LogP contribution in [0.15, 0.2) is 12.2 Å². The average molecular weight is 406 g/mol. The average Bonchev–Trinajstić information content (AvgIpc) is 2.74. The quantitative estimate of drug-likeness (QED) is 0.439. The van der Waals surface area contributed by atoms with Gasteiger partial charge in [0.05, 0.1) is 12.7 Å². The molecular weight excluding hydrogens is 376 g/mol. The third kappa shape index (κ3) is 1.86. The summed E-state index contributed by atoms with van der Waals surface area (Å²) in [4.78, 5) is 25.5. The van der Waals surface area contributed by atoms with E-state index < -0.39 is 64.4 Å². The summed E-state index contributed by atoms with van der Waals surface area (Å²) < 4.78 is 11.7. The molecule has 4 saturated carbocycles. The van der Waals surface area contributed by atoms with E-state index in [0.29, 0.717) is 31.3 Å². The fraction of sp³-hybridized carbons (Fsp3) is 0.818. The molecule has 7 nitrogen and oxygen atoms in total. The van der Waals surface area contributed by atoms with Crippen molar-refractivity contribution >= 4 is 11.8 Å². The van der Waals surface area contributed by atoms with E-state index in [9.17, 15) is 24.9 Å². The number of carbonyl (C=O) groups is 2. The molecule has 7 heteroatoms. The minimum atomic E-state index is -2.19. The van der Waals surface area contributed by atoms with E-state index in [0.717, 1.165) is 0 Å². The van der Waals surface area contributed by atoms with Crippen LogP contribution in [0.4, 0.5) is 0 Å². The van der Waals surface area contributed by atoms with E-state index in [1.807, 2.05) is 13.8 Å². The van der Waals surface area contributed by atoms with Gasteiger partial charge in [0.2, 0.25) is 5.79 Å². The first-order valence-corrected chi connectivity index (χ1v) is 10.6. The molecule has 0 aromatic rings. The topological polar surface area (TPSA) is 113 Å². The van der Waals surface area contributed by atoms with E-state index in [4.69, 9.17) is 9.47 Å². The van der Waals surface area contributed by atoms with Crippen LogP contribution < -0.4 is 0 Å². The van der Waals surface area contributed by atoms with Crippen molar-refractivity contribution < 1.29 is 34.4 Å². The van der Waals surface area contributed by atoms with Crippen LogP contribution in [-0.4, -0.2) is 57.8 Å². The fourth-order valence-electron chi connectivity index (χ4n) is 8.24. The van der Waals surface area contributed by atoms with Gasteiger partial charge in [0.1, 0.15) is 17.6 Å². The van der Waals surface area contributed by atoms with Crippen LogP contribution in [0.1, 0.15) is 46.5 Å². The standard InChI is InChI=1S/C22H30O7/c1-10-12-5-6-13-20-9-28-22(27,21(13,16(10)24)17(12)25)18(26)15(20)19(3,4)8-7-14(20)29-11(2)23/h12-15,17-18,25-27H,1,5-9H2,2-4H3/t12?,13-,14-,15+,17+,18-,20+,21-,22?/m0/s1. The highest BCUT2D eigenvalue weighted by Gasteiger charge is 2.87. The predicted molar refractivity (Wildman–Crippen MR) is 100 cm³/mol. The number of hydrogen-bond donors (Lipinski definition) is 3. The van der Waals surface area contributed by atoms with E-state index in [-0.39, 0.29) is 12.0 Å². The summed E-state index contributed by atoms with van der Waals surface area (Å²) in [5, 5.41) is 34.5. The summed E-state index contributed by atoms with van der Waals surface area (Å²) in [5.41, 5.74) is -2.60. The number of carbonyl (C=O) groups excluding carboxylic acids is 2. The Bertz CT molecular complexity index is 820. The monoisotopic (exact) mass is 406 g/mol. The smallest absolute Gasteiger partial charge is 0.302 e. The Labute approximate surface area is 170 Å². The second kappa shape index (κ2) is 5.49. The van der Waals surface area contributed by atoms with Crippen LogP contribution in [0, 0.1) is 34.0 Å². The van der Waals surface area contributed by atoms with Crippen LogP contribution in [0.25, 0.3) is 0 Å². The maximum atomic E-state index is 13.5. The maximum Gasteiger partial charge on any atom is 0.302 e. The first kappa shape index (κ1) is 19.7. The molecule has 2 spiro atoms. The van der Waals surface area contributed by atoms with Crippen molar-refractivity contribution in [3.63, 3.8) is 0 Å². The molecule has 0 aromatic carbocycles. The first-order valence-electron chi connectivity index (χ1n) is 10.6. The van der Waals surface area contributed by atoms with Crippen LogP contribution in [0.3, 0.4) is 0 Å². The summed E-state index contributed by atoms with van der Waals surface area (Å²) in [6.45, 7) is 9.43. The number of ketones is 1. The zero-order chi connectivity index (χ0) is 21.1. The molecule has 2 unspecified atom stereocenters. The molecule has 0 amide bonds. The molecular formula is C22H30O7. The number of fused-ring (bicyclic) bond motifs is 2. The molecule has 4 bridgehead atoms. The number of esters is 1. The Balaban J connectivity index is 1.79. The zero-order valence-electron chi connectivity index (χ0n) is 17.2. The molecule has 2 aliphatic heterocycles. The lowest BCUT2D eigenvalue weighted by molar-refractivity contribution is -0.458. The van der Waals surface area contributed by atoms with Crippen LogP contribution >= 0.6 is 0 Å². The predicted octanol–water partition coefficient (Wildman–Crippen LogP) is 0.946. The van der Waals surface area contributed by atoms with Crippen molar-refractivity contribution in [3.8, 4) is 0 Å². The van der Waals surface area contributed by atoms with Crippen molar-refractivity contribution in [1.82, 2.24) is 0 Å². The first-order chi connectivity index (χ1) is 13.5. The Hall–Kier alpha value is -1.28. The van der Waals surface area contributed by atoms with Crippen molar-refractivity contribution in [2.75, 3.05) is 6.61 Å². The van der Waals surface area contributed by atoms with Crippen molar-refractivity contribution in [2.45, 2.75) is 70.6 Å². The molecule has 2 saturated heterocycles. The maximum absolute atomic E-state index is 13.5. The minimum absolute atomic E-state index is 0.0795. The summed E-state index contributed by atoms with van der Waals surface area (Å²) in [7, 11) is 0. The van der Waals surface area contributed by atoms with E-state index in [2.05, 4.69) is 6.58 Å². The highest BCUT2D eigenvalue weighted by atomic mass is 16.6. The number of ether oxygens (including phenoxy) is 2. The lowest BCUT2D eigenvalue weighted by Gasteiger charge is -2.74. The van der Waals surface area contributed by atoms with E-state index in [1.54, 1.807) is 0 Å². The van der Waals surface area contributed by atoms with Crippen LogP contribution in [0.5, 0.6) is 0 Å². The van der Waals surface area contributed by atoms with Crippen molar-refractivity contribution in [2.24, 2.45) is 34.0 Å². The second-order valence-electron chi connectivity index (χ2n) is 10.5. The third-order valence-electron chi connectivity index (χ3n) is 9.16. The van der Waals surface area contributed by atoms with Gasteiger partial charge in [-0.05, 0) is 42.6 Å². The fourth-order valence-corrected chi connectivity index (χ4v) is 8.24. The normalized spacial score (nSPS) is 54.7. The molecule has 2 heterocycles. The molecule has 0 aromatic heterocycles. The molecule has 160 valence electrons. The van der Waals surface area contributed by atoms with Crippen LogP contribution in [-0.2, 0) is 19.1 Å². The van der Waals surface area contributed by atoms with Crippen molar-refractivity contribution in [3.05, 3.63) is 12.2 Å². The third-order valence-corrected chi connectivity index (χ3v) is 9.16. The number of hydrogen-bond acceptors (Lipinski definition) is 7. The Morgan fingerprint density at radius 1 is 1.21 bits per heavy atom. The van der Waals surface area contributed by atoms with E-state index >= 15 is 0 Å². The molecule has 4 aliphatic carbocycles. The van der Waals surface area contributed by atoms with E-state index in [1.165, 1.54) is 6.92 Å². The summed E-state index contributed by atoms with van der Waals surface area (Å²) >= 11 is 0. The van der Waals surface area contributed by atoms with Gasteiger partial charge in [-0.1, -0.05) is 20.4 Å². The summed E-state index contributed by atoms with van der Waals surface area (Å²) in [6, 6.07) is 0. The van der Waals surface area contributed by atoms with Gasteiger partial charge in [0.15, 0.2) is 5.78 Å². The SMILES string of the molecule is C=C1C(=O)[C@]23[C@H](O)C1CC[C@H]2[C@@]12COC3(O)[C@@H](O)[C@@H]1C(C)(C)CC[C@@H]2OC(C)=O. The highest BCUT2D eigenvalue weighted by Crippen LogP contribution is 2.76. The van der Waals surface area contributed by atoms with Gasteiger partial charge in [-0.15, -0.1) is 0 Å². The highest BCUT2D eigenvalue weighted by molar-refractivity contribution is 6.05. The summed E-state index contributed by atoms with van der Waals surface area (Å²) in [5.74, 6) is -4.38. The molecule has 6 aliphatic rings. The number of aliphatic hydroxyl groups excluding tert-OH is 2. The molecule has 6 fully saturated rings. The van der Waals surface area contributed by atoms with Gasteiger partial charge in [-0.2, -0.15) is 0 Å². The lowest BCUT2D eigenvalue weighted by atomic mass is 9.35. The lowest BCUT2D eigenvalue weighted by Crippen LogP contribution is -2.85.